The number of imide groups is 1. The van der Waals surface area contributed by atoms with Crippen molar-refractivity contribution in [3.8, 4) is 0 Å². The van der Waals surface area contributed by atoms with E-state index in [2.05, 4.69) is 5.32 Å². The molecular weight excluding hydrogens is 371 g/mol. The average molecular weight is 394 g/mol. The van der Waals surface area contributed by atoms with Gasteiger partial charge in [-0.25, -0.2) is 4.39 Å². The molecule has 6 nitrogen and oxygen atoms in total. The van der Waals surface area contributed by atoms with Crippen molar-refractivity contribution in [2.45, 2.75) is 24.9 Å². The Morgan fingerprint density at radius 2 is 1.96 bits per heavy atom. The highest BCUT2D eigenvalue weighted by Gasteiger charge is 2.67. The Labute approximate surface area is 161 Å². The van der Waals surface area contributed by atoms with E-state index in [-0.39, 0.29) is 18.4 Å². The van der Waals surface area contributed by atoms with Crippen molar-refractivity contribution >= 4 is 29.5 Å². The number of nitrogens with one attached hydrogen (secondary N) is 1. The summed E-state index contributed by atoms with van der Waals surface area (Å²) in [5, 5.41) is 3.26. The molecule has 4 atom stereocenters. The van der Waals surface area contributed by atoms with Gasteiger partial charge in [-0.05, 0) is 43.0 Å². The van der Waals surface area contributed by atoms with Crippen LogP contribution in [0.1, 0.15) is 24.9 Å². The zero-order valence-corrected chi connectivity index (χ0v) is 16.3. The van der Waals surface area contributed by atoms with Crippen LogP contribution < -0.4 is 5.32 Å². The van der Waals surface area contributed by atoms with Gasteiger partial charge in [-0.1, -0.05) is 12.1 Å². The van der Waals surface area contributed by atoms with Crippen LogP contribution in [-0.2, 0) is 19.1 Å². The van der Waals surface area contributed by atoms with Crippen LogP contribution in [0.5, 0.6) is 0 Å². The third-order valence-corrected chi connectivity index (χ3v) is 6.06. The van der Waals surface area contributed by atoms with Gasteiger partial charge < -0.3 is 4.74 Å². The highest BCUT2D eigenvalue weighted by Crippen LogP contribution is 2.50. The monoisotopic (exact) mass is 394 g/mol. The highest BCUT2D eigenvalue weighted by molar-refractivity contribution is 7.98. The van der Waals surface area contributed by atoms with Gasteiger partial charge in [0.1, 0.15) is 11.4 Å². The van der Waals surface area contributed by atoms with Gasteiger partial charge >= 0.3 is 5.97 Å². The van der Waals surface area contributed by atoms with Gasteiger partial charge in [-0.15, -0.1) is 0 Å². The molecule has 0 saturated carbocycles. The van der Waals surface area contributed by atoms with Crippen LogP contribution in [0, 0.1) is 17.7 Å². The lowest BCUT2D eigenvalue weighted by molar-refractivity contribution is -0.156. The molecular formula is C19H23FN2O4S. The average Bonchev–Trinajstić information content (AvgIpc) is 3.11. The van der Waals surface area contributed by atoms with E-state index < -0.39 is 35.2 Å². The SMILES string of the molecule is CCOC(=O)[C@]1(CCSC)N[C@H](c2ccc(F)cc2)[C@H]2C(=O)N(C)C(=O)[C@H]21. The van der Waals surface area contributed by atoms with Gasteiger partial charge in [-0.3, -0.25) is 24.6 Å². The van der Waals surface area contributed by atoms with E-state index in [0.29, 0.717) is 17.7 Å². The third kappa shape index (κ3) is 3.14. The second-order valence-electron chi connectivity index (χ2n) is 6.85. The number of likely N-dealkylation sites (tertiary alicyclic amines) is 1. The smallest absolute Gasteiger partial charge is 0.327 e. The molecule has 2 fully saturated rings. The molecule has 2 heterocycles. The topological polar surface area (TPSA) is 75.7 Å². The lowest BCUT2D eigenvalue weighted by Crippen LogP contribution is -2.56. The maximum atomic E-state index is 13.4. The van der Waals surface area contributed by atoms with Gasteiger partial charge in [0.15, 0.2) is 0 Å². The lowest BCUT2D eigenvalue weighted by Gasteiger charge is -2.32. The Hall–Kier alpha value is -1.93. The van der Waals surface area contributed by atoms with E-state index in [1.807, 2.05) is 6.26 Å². The highest BCUT2D eigenvalue weighted by atomic mass is 32.2. The lowest BCUT2D eigenvalue weighted by atomic mass is 9.78. The molecule has 1 aromatic rings. The Morgan fingerprint density at radius 1 is 1.30 bits per heavy atom. The molecule has 2 amide bonds. The first kappa shape index (κ1) is 19.8. The van der Waals surface area contributed by atoms with E-state index in [1.165, 1.54) is 19.2 Å². The summed E-state index contributed by atoms with van der Waals surface area (Å²) in [6.45, 7) is 1.88. The maximum absolute atomic E-state index is 13.4. The Kier molecular flexibility index (Phi) is 5.58. The Bertz CT molecular complexity index is 757. The predicted octanol–water partition coefficient (Wildman–Crippen LogP) is 1.76. The predicted molar refractivity (Wildman–Crippen MR) is 99.4 cm³/mol. The molecule has 8 heteroatoms. The normalized spacial score (nSPS) is 29.9. The van der Waals surface area contributed by atoms with Crippen LogP contribution in [0.15, 0.2) is 24.3 Å². The number of esters is 1. The number of halogens is 1. The standard InChI is InChI=1S/C19H23FN2O4S/c1-4-26-18(25)19(9-10-27-3)14-13(16(23)22(2)17(14)24)15(21-19)11-5-7-12(20)8-6-11/h5-8,13-15,21H,4,9-10H2,1-3H3/t13-,14-,15+,19+/m0/s1. The van der Waals surface area contributed by atoms with Crippen LogP contribution in [0.2, 0.25) is 0 Å². The summed E-state index contributed by atoms with van der Waals surface area (Å²) >= 11 is 1.55. The first-order chi connectivity index (χ1) is 12.9. The van der Waals surface area contributed by atoms with Crippen LogP contribution in [-0.4, -0.2) is 53.9 Å². The number of amides is 2. The second-order valence-corrected chi connectivity index (χ2v) is 7.83. The molecule has 0 aromatic heterocycles. The minimum Gasteiger partial charge on any atom is -0.465 e. The van der Waals surface area contributed by atoms with E-state index in [9.17, 15) is 18.8 Å². The number of hydrogen-bond donors (Lipinski definition) is 1. The van der Waals surface area contributed by atoms with Gasteiger partial charge in [0.05, 0.1) is 18.4 Å². The Morgan fingerprint density at radius 3 is 2.56 bits per heavy atom. The first-order valence-corrected chi connectivity index (χ1v) is 10.3. The minimum atomic E-state index is -1.28. The summed E-state index contributed by atoms with van der Waals surface area (Å²) in [7, 11) is 1.44. The molecule has 146 valence electrons. The quantitative estimate of drug-likeness (QED) is 0.585. The number of benzene rings is 1. The third-order valence-electron chi connectivity index (χ3n) is 5.44. The molecule has 1 N–H and O–H groups in total. The number of fused-ring (bicyclic) bond motifs is 1. The first-order valence-electron chi connectivity index (χ1n) is 8.88. The summed E-state index contributed by atoms with van der Waals surface area (Å²) in [5.74, 6) is -2.56. The fourth-order valence-corrected chi connectivity index (χ4v) is 4.67. The molecule has 0 aliphatic carbocycles. The molecule has 0 spiro atoms. The molecule has 2 aliphatic heterocycles. The van der Waals surface area contributed by atoms with E-state index >= 15 is 0 Å². The summed E-state index contributed by atoms with van der Waals surface area (Å²) in [5.41, 5.74) is -0.613. The second kappa shape index (κ2) is 7.59. The van der Waals surface area contributed by atoms with Crippen molar-refractivity contribution in [3.63, 3.8) is 0 Å². The van der Waals surface area contributed by atoms with Crippen molar-refractivity contribution in [1.29, 1.82) is 0 Å². The van der Waals surface area contributed by atoms with Crippen LogP contribution in [0.25, 0.3) is 0 Å². The fraction of sp³-hybridized carbons (Fsp3) is 0.526. The number of nitrogens with zero attached hydrogens (tertiary/aromatic N) is 1. The minimum absolute atomic E-state index is 0.179. The fourth-order valence-electron chi connectivity index (χ4n) is 4.15. The zero-order chi connectivity index (χ0) is 19.8. The summed E-state index contributed by atoms with van der Waals surface area (Å²) in [6, 6.07) is 5.21. The van der Waals surface area contributed by atoms with Crippen LogP contribution >= 0.6 is 11.8 Å². The van der Waals surface area contributed by atoms with Crippen molar-refractivity contribution in [3.05, 3.63) is 35.6 Å². The van der Waals surface area contributed by atoms with E-state index in [0.717, 1.165) is 4.90 Å². The molecule has 1 aromatic carbocycles. The number of rotatable bonds is 6. The summed E-state index contributed by atoms with van der Waals surface area (Å²) in [6.07, 6.45) is 2.27. The molecule has 0 unspecified atom stereocenters. The van der Waals surface area contributed by atoms with Gasteiger partial charge in [0, 0.05) is 13.1 Å². The molecule has 2 aliphatic rings. The molecule has 2 saturated heterocycles. The van der Waals surface area contributed by atoms with Crippen molar-refractivity contribution in [1.82, 2.24) is 10.2 Å². The largest absolute Gasteiger partial charge is 0.465 e. The molecule has 0 radical (unpaired) electrons. The maximum Gasteiger partial charge on any atom is 0.327 e. The van der Waals surface area contributed by atoms with Gasteiger partial charge in [0.25, 0.3) is 0 Å². The van der Waals surface area contributed by atoms with Crippen LogP contribution in [0.4, 0.5) is 4.39 Å². The van der Waals surface area contributed by atoms with Crippen LogP contribution in [0.3, 0.4) is 0 Å². The number of carbonyl (C=O) groups is 3. The molecule has 0 bridgehead atoms. The van der Waals surface area contributed by atoms with E-state index in [4.69, 9.17) is 4.74 Å². The molecule has 27 heavy (non-hydrogen) atoms. The number of thioether (sulfide) groups is 1. The zero-order valence-electron chi connectivity index (χ0n) is 15.5. The summed E-state index contributed by atoms with van der Waals surface area (Å²) in [4.78, 5) is 39.8. The number of ether oxygens (including phenoxy) is 1. The van der Waals surface area contributed by atoms with Crippen molar-refractivity contribution in [2.75, 3.05) is 25.7 Å². The van der Waals surface area contributed by atoms with Gasteiger partial charge in [0.2, 0.25) is 11.8 Å². The van der Waals surface area contributed by atoms with E-state index in [1.54, 1.807) is 30.8 Å². The van der Waals surface area contributed by atoms with Crippen molar-refractivity contribution in [2.24, 2.45) is 11.8 Å². The number of carbonyl (C=O) groups excluding carboxylic acids is 3. The summed E-state index contributed by atoms with van der Waals surface area (Å²) < 4.78 is 18.7. The number of hydrogen-bond acceptors (Lipinski definition) is 6. The Balaban J connectivity index is 2.10. The van der Waals surface area contributed by atoms with Crippen molar-refractivity contribution < 1.29 is 23.5 Å². The van der Waals surface area contributed by atoms with Gasteiger partial charge in [-0.2, -0.15) is 11.8 Å². The molecule has 3 rings (SSSR count).